The maximum Gasteiger partial charge on any atom is 0.310 e. The molecule has 0 radical (unpaired) electrons. The average molecular weight is 434 g/mol. The normalized spacial score (nSPS) is 26.3. The van der Waals surface area contributed by atoms with Crippen LogP contribution in [0.15, 0.2) is 23.4 Å². The van der Waals surface area contributed by atoms with Crippen molar-refractivity contribution in [1.82, 2.24) is 0 Å². The zero-order chi connectivity index (χ0) is 22.1. The Morgan fingerprint density at radius 2 is 1.77 bits per heavy atom. The van der Waals surface area contributed by atoms with Gasteiger partial charge in [-0.1, -0.05) is 37.8 Å². The van der Waals surface area contributed by atoms with E-state index in [9.17, 15) is 19.9 Å². The first-order valence-corrected chi connectivity index (χ1v) is 14.3. The van der Waals surface area contributed by atoms with Gasteiger partial charge >= 0.3 is 11.9 Å². The lowest BCUT2D eigenvalue weighted by molar-refractivity contribution is -0.163. The summed E-state index contributed by atoms with van der Waals surface area (Å²) in [6.45, 7) is 9.12. The van der Waals surface area contributed by atoms with Crippen LogP contribution in [0.25, 0.3) is 0 Å². The molecule has 30 heavy (non-hydrogen) atoms. The molecule has 1 aromatic rings. The number of ether oxygens (including phenoxy) is 2. The number of hydrogen-bond acceptors (Lipinski definition) is 7. The Kier molecular flexibility index (Phi) is 6.55. The number of rotatable bonds is 7. The van der Waals surface area contributed by atoms with Crippen LogP contribution in [0.5, 0.6) is 5.75 Å². The molecule has 1 fully saturated rings. The number of hydrogen-bond donors (Lipinski definition) is 2. The van der Waals surface area contributed by atoms with E-state index < -0.39 is 37.8 Å². The summed E-state index contributed by atoms with van der Waals surface area (Å²) in [5.74, 6) is -3.37. The third kappa shape index (κ3) is 4.38. The third-order valence-electron chi connectivity index (χ3n) is 5.99. The maximum atomic E-state index is 13.2. The quantitative estimate of drug-likeness (QED) is 0.293. The lowest BCUT2D eigenvalue weighted by Gasteiger charge is -2.47. The third-order valence-corrected chi connectivity index (χ3v) is 7.69. The molecule has 0 spiro atoms. The Morgan fingerprint density at radius 1 is 1.10 bits per heavy atom. The zero-order valence-electron chi connectivity index (χ0n) is 18.1. The second kappa shape index (κ2) is 8.79. The highest BCUT2D eigenvalue weighted by molar-refractivity contribution is 6.76. The van der Waals surface area contributed by atoms with E-state index in [1.165, 1.54) is 0 Å². The molecule has 4 rings (SSSR count). The number of carbonyl (C=O) groups is 2. The number of phenols is 1. The molecule has 8 heteroatoms. The van der Waals surface area contributed by atoms with Crippen LogP contribution < -0.4 is 0 Å². The van der Waals surface area contributed by atoms with Crippen molar-refractivity contribution in [2.45, 2.75) is 57.3 Å². The molecule has 0 aromatic heterocycles. The van der Waals surface area contributed by atoms with Gasteiger partial charge in [0.1, 0.15) is 5.75 Å². The van der Waals surface area contributed by atoms with Crippen molar-refractivity contribution in [3.63, 3.8) is 0 Å². The number of oxime groups is 1. The minimum absolute atomic E-state index is 0.0635. The van der Waals surface area contributed by atoms with E-state index in [1.807, 2.05) is 6.92 Å². The van der Waals surface area contributed by atoms with E-state index in [-0.39, 0.29) is 18.3 Å². The monoisotopic (exact) mass is 433 g/mol. The molecule has 0 aliphatic heterocycles. The van der Waals surface area contributed by atoms with Gasteiger partial charge in [0.05, 0.1) is 30.8 Å². The number of benzene rings is 1. The van der Waals surface area contributed by atoms with Crippen LogP contribution in [0.3, 0.4) is 0 Å². The predicted octanol–water partition coefficient (Wildman–Crippen LogP) is 3.87. The first-order valence-electron chi connectivity index (χ1n) is 10.5. The minimum atomic E-state index is -1.38. The van der Waals surface area contributed by atoms with Gasteiger partial charge < -0.3 is 19.8 Å². The van der Waals surface area contributed by atoms with Crippen LogP contribution in [0.1, 0.15) is 42.7 Å². The Hall–Kier alpha value is -2.35. The topological polar surface area (TPSA) is 105 Å². The molecule has 0 saturated heterocycles. The number of esters is 2. The Balaban J connectivity index is 1.98. The lowest BCUT2D eigenvalue weighted by Crippen LogP contribution is -2.51. The fourth-order valence-electron chi connectivity index (χ4n) is 4.54. The van der Waals surface area contributed by atoms with Crippen molar-refractivity contribution in [3.05, 3.63) is 29.3 Å². The smallest absolute Gasteiger partial charge is 0.310 e. The Morgan fingerprint density at radius 3 is 2.40 bits per heavy atom. The van der Waals surface area contributed by atoms with Gasteiger partial charge in [0, 0.05) is 19.9 Å². The van der Waals surface area contributed by atoms with Crippen LogP contribution in [0.4, 0.5) is 0 Å². The highest BCUT2D eigenvalue weighted by Crippen LogP contribution is 2.55. The molecule has 1 unspecified atom stereocenters. The summed E-state index contributed by atoms with van der Waals surface area (Å²) in [5, 5.41) is 23.0. The van der Waals surface area contributed by atoms with E-state index in [0.29, 0.717) is 30.7 Å². The van der Waals surface area contributed by atoms with E-state index in [2.05, 4.69) is 24.8 Å². The summed E-state index contributed by atoms with van der Waals surface area (Å²) in [7, 11) is -1.38. The number of phenolic OH excluding ortho intramolecular Hbond substituents is 1. The first-order chi connectivity index (χ1) is 14.2. The Labute approximate surface area is 178 Å². The summed E-state index contributed by atoms with van der Waals surface area (Å²) in [5.41, 5.74) is 2.03. The van der Waals surface area contributed by atoms with Crippen LogP contribution in [-0.4, -0.2) is 49.3 Å². The second-order valence-corrected chi connectivity index (χ2v) is 15.0. The van der Waals surface area contributed by atoms with Gasteiger partial charge in [0.25, 0.3) is 0 Å². The lowest BCUT2D eigenvalue weighted by atomic mass is 9.55. The van der Waals surface area contributed by atoms with E-state index in [1.54, 1.807) is 18.2 Å². The standard InChI is InChI=1S/C22H31NO6Si/c1-5-8-28-22(26)20-18-15-11-13(24)6-7-14(15)16(12-17(18)23-27)19(20)21(25)29-9-10-30(2,3)4/h6-7,11,16,18-20,24,27H,5,8-10,12H2,1-4H3/b23-17+/t16?,18-,19-,20-/m1/s1. The van der Waals surface area contributed by atoms with Gasteiger partial charge in [-0.05, 0) is 42.1 Å². The molecular weight excluding hydrogens is 402 g/mol. The van der Waals surface area contributed by atoms with Gasteiger partial charge in [-0.2, -0.15) is 0 Å². The van der Waals surface area contributed by atoms with Gasteiger partial charge in [0.15, 0.2) is 0 Å². The number of carbonyl (C=O) groups excluding carboxylic acids is 2. The average Bonchev–Trinajstić information content (AvgIpc) is 2.69. The van der Waals surface area contributed by atoms with E-state index in [0.717, 1.165) is 11.6 Å². The van der Waals surface area contributed by atoms with Gasteiger partial charge in [-0.15, -0.1) is 0 Å². The van der Waals surface area contributed by atoms with Crippen molar-refractivity contribution in [3.8, 4) is 5.75 Å². The van der Waals surface area contributed by atoms with Crippen molar-refractivity contribution in [2.24, 2.45) is 17.0 Å². The molecule has 164 valence electrons. The fourth-order valence-corrected chi connectivity index (χ4v) is 5.25. The predicted molar refractivity (Wildman–Crippen MR) is 115 cm³/mol. The van der Waals surface area contributed by atoms with Crippen molar-refractivity contribution in [1.29, 1.82) is 0 Å². The highest BCUT2D eigenvalue weighted by atomic mass is 28.3. The molecule has 0 heterocycles. The van der Waals surface area contributed by atoms with Gasteiger partial charge in [0.2, 0.25) is 0 Å². The highest BCUT2D eigenvalue weighted by Gasteiger charge is 2.57. The summed E-state index contributed by atoms with van der Waals surface area (Å²) in [4.78, 5) is 26.2. The van der Waals surface area contributed by atoms with Crippen LogP contribution in [0.2, 0.25) is 25.7 Å². The van der Waals surface area contributed by atoms with Crippen LogP contribution in [0, 0.1) is 11.8 Å². The van der Waals surface area contributed by atoms with Crippen LogP contribution >= 0.6 is 0 Å². The first kappa shape index (κ1) is 22.3. The number of aromatic hydroxyl groups is 1. The van der Waals surface area contributed by atoms with Crippen molar-refractivity contribution < 1.29 is 29.4 Å². The number of fused-ring (bicyclic) bond motifs is 2. The summed E-state index contributed by atoms with van der Waals surface area (Å²) >= 11 is 0. The molecule has 1 aromatic carbocycles. The number of nitrogens with zero attached hydrogens (tertiary/aromatic N) is 1. The largest absolute Gasteiger partial charge is 0.508 e. The summed E-state index contributed by atoms with van der Waals surface area (Å²) in [6.07, 6.45) is 1.03. The SMILES string of the molecule is CCCOC(=O)[C@H]1[C@H](C(=O)OCC[Si](C)(C)C)C2C/C(=N\O)[C@H]1c1cc(O)ccc12. The second-order valence-electron chi connectivity index (χ2n) is 9.39. The summed E-state index contributed by atoms with van der Waals surface area (Å²) in [6, 6.07) is 5.79. The summed E-state index contributed by atoms with van der Waals surface area (Å²) < 4.78 is 11.1. The zero-order valence-corrected chi connectivity index (χ0v) is 19.1. The van der Waals surface area contributed by atoms with E-state index in [4.69, 9.17) is 9.47 Å². The fraction of sp³-hybridized carbons (Fsp3) is 0.591. The molecule has 3 aliphatic rings. The molecular formula is C22H31NO6Si. The molecule has 2 bridgehead atoms. The minimum Gasteiger partial charge on any atom is -0.508 e. The van der Waals surface area contributed by atoms with Crippen LogP contribution in [-0.2, 0) is 19.1 Å². The van der Waals surface area contributed by atoms with Gasteiger partial charge in [-0.25, -0.2) is 0 Å². The molecule has 0 amide bonds. The molecule has 2 N–H and O–H groups in total. The molecule has 3 aliphatic carbocycles. The van der Waals surface area contributed by atoms with Crippen molar-refractivity contribution >= 4 is 25.7 Å². The van der Waals surface area contributed by atoms with E-state index >= 15 is 0 Å². The molecule has 4 atom stereocenters. The van der Waals surface area contributed by atoms with Crippen molar-refractivity contribution in [2.75, 3.05) is 13.2 Å². The Bertz CT molecular complexity index is 847. The van der Waals surface area contributed by atoms with Gasteiger partial charge in [-0.3, -0.25) is 9.59 Å². The molecule has 1 saturated carbocycles. The maximum absolute atomic E-state index is 13.2. The molecule has 7 nitrogen and oxygen atoms in total.